The molecule has 8 nitrogen and oxygen atoms in total. The molecule has 0 aliphatic carbocycles. The fourth-order valence-electron chi connectivity index (χ4n) is 4.19. The third-order valence-corrected chi connectivity index (χ3v) is 5.88. The average molecular weight is 465 g/mol. The maximum atomic E-state index is 14.6. The van der Waals surface area contributed by atoms with E-state index in [4.69, 9.17) is 21.1 Å². The van der Waals surface area contributed by atoms with Crippen LogP contribution in [0, 0.1) is 12.7 Å². The molecule has 2 aromatic carbocycles. The third kappa shape index (κ3) is 2.82. The normalized spacial score (nSPS) is 14.8. The van der Waals surface area contributed by atoms with Gasteiger partial charge in [-0.15, -0.1) is 0 Å². The van der Waals surface area contributed by atoms with Crippen molar-refractivity contribution in [2.24, 2.45) is 0 Å². The summed E-state index contributed by atoms with van der Waals surface area (Å²) in [5.41, 5.74) is 1.52. The lowest BCUT2D eigenvalue weighted by atomic mass is 10.1. The fourth-order valence-corrected chi connectivity index (χ4v) is 4.35. The number of carbonyl (C=O) groups excluding carboxylic acids is 2. The van der Waals surface area contributed by atoms with E-state index in [-0.39, 0.29) is 27.5 Å². The number of nitrogens with zero attached hydrogens (tertiary/aromatic N) is 4. The Morgan fingerprint density at radius 1 is 1.03 bits per heavy atom. The lowest BCUT2D eigenvalue weighted by molar-refractivity contribution is 0.0926. The summed E-state index contributed by atoms with van der Waals surface area (Å²) in [6.07, 6.45) is 1.32. The van der Waals surface area contributed by atoms with Gasteiger partial charge in [-0.2, -0.15) is 5.10 Å². The maximum Gasteiger partial charge on any atom is 0.267 e. The van der Waals surface area contributed by atoms with Crippen molar-refractivity contribution in [1.29, 1.82) is 0 Å². The molecule has 0 atom stereocenters. The van der Waals surface area contributed by atoms with Crippen LogP contribution in [-0.4, -0.2) is 39.8 Å². The Hall–Kier alpha value is -3.98. The van der Waals surface area contributed by atoms with Crippen molar-refractivity contribution in [2.75, 3.05) is 18.1 Å². The Balaban J connectivity index is 1.50. The summed E-state index contributed by atoms with van der Waals surface area (Å²) in [7, 11) is 0. The molecule has 2 amide bonds. The summed E-state index contributed by atoms with van der Waals surface area (Å²) in [4.78, 5) is 32.1. The minimum atomic E-state index is -0.588. The molecule has 0 spiro atoms. The minimum Gasteiger partial charge on any atom is -0.486 e. The topological polar surface area (TPSA) is 86.6 Å². The van der Waals surface area contributed by atoms with Crippen molar-refractivity contribution in [3.63, 3.8) is 0 Å². The second-order valence-corrected chi connectivity index (χ2v) is 8.05. The molecule has 0 unspecified atom stereocenters. The zero-order valence-electron chi connectivity index (χ0n) is 17.1. The molecular formula is C23H14ClFN4O4. The van der Waals surface area contributed by atoms with Crippen LogP contribution < -0.4 is 14.4 Å². The number of benzene rings is 2. The number of halogens is 2. The van der Waals surface area contributed by atoms with Crippen molar-refractivity contribution < 1.29 is 23.5 Å². The molecule has 2 aromatic heterocycles. The summed E-state index contributed by atoms with van der Waals surface area (Å²) >= 11 is 5.87. The van der Waals surface area contributed by atoms with Gasteiger partial charge in [0.25, 0.3) is 11.8 Å². The molecule has 0 saturated carbocycles. The summed E-state index contributed by atoms with van der Waals surface area (Å²) in [6, 6.07) is 9.07. The van der Waals surface area contributed by atoms with E-state index in [2.05, 4.69) is 10.1 Å². The first kappa shape index (κ1) is 19.7. The van der Waals surface area contributed by atoms with Gasteiger partial charge >= 0.3 is 0 Å². The van der Waals surface area contributed by atoms with Gasteiger partial charge < -0.3 is 9.47 Å². The van der Waals surface area contributed by atoms with E-state index >= 15 is 0 Å². The molecule has 164 valence electrons. The zero-order valence-corrected chi connectivity index (χ0v) is 17.9. The Morgan fingerprint density at radius 3 is 2.61 bits per heavy atom. The van der Waals surface area contributed by atoms with Gasteiger partial charge in [-0.1, -0.05) is 11.6 Å². The summed E-state index contributed by atoms with van der Waals surface area (Å²) in [5.74, 6) is -0.604. The van der Waals surface area contributed by atoms with Gasteiger partial charge in [0.05, 0.1) is 27.9 Å². The molecule has 2 aliphatic rings. The Kier molecular flexibility index (Phi) is 4.18. The average Bonchev–Trinajstić information content (AvgIpc) is 3.27. The summed E-state index contributed by atoms with van der Waals surface area (Å²) < 4.78 is 27.0. The van der Waals surface area contributed by atoms with Crippen molar-refractivity contribution in [1.82, 2.24) is 14.8 Å². The van der Waals surface area contributed by atoms with Crippen LogP contribution in [0.2, 0.25) is 5.02 Å². The SMILES string of the molecule is Cc1nn(-c2ccc(Cl)cc2F)c2ncc3c(c12)C(=O)N(c1ccc2c(c1)OCCO2)C3=O. The predicted molar refractivity (Wildman–Crippen MR) is 117 cm³/mol. The van der Waals surface area contributed by atoms with Gasteiger partial charge in [0.2, 0.25) is 0 Å². The van der Waals surface area contributed by atoms with Crippen molar-refractivity contribution >= 4 is 40.1 Å². The summed E-state index contributed by atoms with van der Waals surface area (Å²) in [5, 5.41) is 5.03. The molecule has 4 heterocycles. The summed E-state index contributed by atoms with van der Waals surface area (Å²) in [6.45, 7) is 2.49. The number of fused-ring (bicyclic) bond motifs is 4. The number of ether oxygens (including phenoxy) is 2. The van der Waals surface area contributed by atoms with E-state index in [1.807, 2.05) is 0 Å². The third-order valence-electron chi connectivity index (χ3n) is 5.64. The van der Waals surface area contributed by atoms with Crippen LogP contribution in [0.5, 0.6) is 11.5 Å². The highest BCUT2D eigenvalue weighted by Crippen LogP contribution is 2.39. The second-order valence-electron chi connectivity index (χ2n) is 7.61. The first-order valence-electron chi connectivity index (χ1n) is 10.1. The van der Waals surface area contributed by atoms with Crippen LogP contribution >= 0.6 is 11.6 Å². The van der Waals surface area contributed by atoms with E-state index < -0.39 is 17.6 Å². The highest BCUT2D eigenvalue weighted by molar-refractivity contribution is 6.37. The molecule has 0 fully saturated rings. The molecule has 6 rings (SSSR count). The minimum absolute atomic E-state index is 0.130. The molecule has 0 radical (unpaired) electrons. The Morgan fingerprint density at radius 2 is 1.82 bits per heavy atom. The lowest BCUT2D eigenvalue weighted by Gasteiger charge is -2.21. The van der Waals surface area contributed by atoms with Gasteiger partial charge in [0, 0.05) is 17.3 Å². The number of hydrogen-bond donors (Lipinski definition) is 0. The van der Waals surface area contributed by atoms with Crippen LogP contribution in [0.25, 0.3) is 16.7 Å². The standard InChI is InChI=1S/C23H14ClFN4O4/c1-11-19-20-14(10-26-21(19)29(27-11)16-4-2-12(24)8-15(16)25)22(30)28(23(20)31)13-3-5-17-18(9-13)33-7-6-32-17/h2-5,8-10H,6-7H2,1H3. The van der Waals surface area contributed by atoms with Crippen molar-refractivity contribution in [3.05, 3.63) is 70.3 Å². The first-order chi connectivity index (χ1) is 15.9. The first-order valence-corrected chi connectivity index (χ1v) is 10.4. The fraction of sp³-hybridized carbons (Fsp3) is 0.130. The van der Waals surface area contributed by atoms with Crippen LogP contribution in [0.1, 0.15) is 26.4 Å². The number of aryl methyl sites for hydroxylation is 1. The molecule has 2 aliphatic heterocycles. The number of hydrogen-bond acceptors (Lipinski definition) is 6. The second kappa shape index (κ2) is 7.01. The maximum absolute atomic E-state index is 14.6. The number of imide groups is 1. The van der Waals surface area contributed by atoms with Gasteiger partial charge in [-0.25, -0.2) is 19.0 Å². The largest absolute Gasteiger partial charge is 0.486 e. The highest BCUT2D eigenvalue weighted by atomic mass is 35.5. The van der Waals surface area contributed by atoms with Crippen molar-refractivity contribution in [2.45, 2.75) is 6.92 Å². The van der Waals surface area contributed by atoms with Crippen LogP contribution in [0.15, 0.2) is 42.6 Å². The molecule has 0 bridgehead atoms. The van der Waals surface area contributed by atoms with E-state index in [1.54, 1.807) is 25.1 Å². The molecule has 10 heteroatoms. The number of amides is 2. The number of aromatic nitrogens is 3. The van der Waals surface area contributed by atoms with Crippen LogP contribution in [0.4, 0.5) is 10.1 Å². The molecule has 0 saturated heterocycles. The van der Waals surface area contributed by atoms with Crippen LogP contribution in [-0.2, 0) is 0 Å². The molecule has 0 N–H and O–H groups in total. The lowest BCUT2D eigenvalue weighted by Crippen LogP contribution is -2.29. The van der Waals surface area contributed by atoms with Gasteiger partial charge in [-0.3, -0.25) is 9.59 Å². The number of pyridine rings is 1. The predicted octanol–water partition coefficient (Wildman–Crippen LogP) is 4.09. The molecule has 4 aromatic rings. The smallest absolute Gasteiger partial charge is 0.267 e. The van der Waals surface area contributed by atoms with Crippen molar-refractivity contribution in [3.8, 4) is 17.2 Å². The number of anilines is 1. The Bertz CT molecular complexity index is 1520. The quantitative estimate of drug-likeness (QED) is 0.415. The zero-order chi connectivity index (χ0) is 22.9. The number of carbonyl (C=O) groups is 2. The monoisotopic (exact) mass is 464 g/mol. The van der Waals surface area contributed by atoms with E-state index in [0.717, 1.165) is 4.90 Å². The number of rotatable bonds is 2. The highest BCUT2D eigenvalue weighted by Gasteiger charge is 2.40. The van der Waals surface area contributed by atoms with E-state index in [0.29, 0.717) is 41.5 Å². The molecular weight excluding hydrogens is 451 g/mol. The van der Waals surface area contributed by atoms with Gasteiger partial charge in [0.1, 0.15) is 24.7 Å². The Labute approximate surface area is 191 Å². The van der Waals surface area contributed by atoms with E-state index in [9.17, 15) is 14.0 Å². The van der Waals surface area contributed by atoms with Gasteiger partial charge in [-0.05, 0) is 37.3 Å². The molecule has 33 heavy (non-hydrogen) atoms. The van der Waals surface area contributed by atoms with E-state index in [1.165, 1.54) is 29.1 Å². The van der Waals surface area contributed by atoms with Gasteiger partial charge in [0.15, 0.2) is 17.1 Å². The van der Waals surface area contributed by atoms with Crippen LogP contribution in [0.3, 0.4) is 0 Å².